The Labute approximate surface area is 94.0 Å². The number of aryl methyl sites for hydroxylation is 1. The van der Waals surface area contributed by atoms with Gasteiger partial charge >= 0.3 is 0 Å². The molecule has 0 aliphatic heterocycles. The minimum absolute atomic E-state index is 0.716. The zero-order valence-corrected chi connectivity index (χ0v) is 10.4. The molecular weight excluding hydrogens is 182 g/mol. The first-order valence-electron chi connectivity index (χ1n) is 5.71. The average Bonchev–Trinajstić information content (AvgIpc) is 2.30. The highest BCUT2D eigenvalue weighted by Crippen LogP contribution is 2.20. The molecule has 84 valence electrons. The number of allylic oxidation sites excluding steroid dienone is 1. The van der Waals surface area contributed by atoms with Crippen molar-refractivity contribution in [1.82, 2.24) is 0 Å². The molecule has 0 spiro atoms. The van der Waals surface area contributed by atoms with Crippen molar-refractivity contribution in [3.63, 3.8) is 0 Å². The van der Waals surface area contributed by atoms with Crippen LogP contribution in [-0.2, 0) is 0 Å². The van der Waals surface area contributed by atoms with E-state index >= 15 is 0 Å². The van der Waals surface area contributed by atoms with Gasteiger partial charge in [0, 0.05) is 0 Å². The Morgan fingerprint density at radius 3 is 2.33 bits per heavy atom. The molecule has 0 unspecified atom stereocenters. The summed E-state index contributed by atoms with van der Waals surface area (Å²) in [4.78, 5) is 0. The Kier molecular flexibility index (Phi) is 7.65. The van der Waals surface area contributed by atoms with Crippen LogP contribution in [0, 0.1) is 6.92 Å². The molecule has 0 aliphatic carbocycles. The van der Waals surface area contributed by atoms with Crippen molar-refractivity contribution in [2.75, 3.05) is 6.54 Å². The average molecular weight is 205 g/mol. The molecule has 1 heteroatoms. The van der Waals surface area contributed by atoms with Gasteiger partial charge in [-0.1, -0.05) is 44.2 Å². The third-order valence-corrected chi connectivity index (χ3v) is 2.25. The van der Waals surface area contributed by atoms with E-state index in [9.17, 15) is 0 Å². The molecule has 1 aromatic rings. The molecule has 0 saturated carbocycles. The molecule has 0 radical (unpaired) electrons. The number of rotatable bonds is 3. The monoisotopic (exact) mass is 205 g/mol. The van der Waals surface area contributed by atoms with E-state index in [0.29, 0.717) is 6.54 Å². The van der Waals surface area contributed by atoms with Crippen LogP contribution >= 0.6 is 0 Å². The summed E-state index contributed by atoms with van der Waals surface area (Å²) in [6.45, 7) is 8.92. The first kappa shape index (κ1) is 13.9. The molecule has 15 heavy (non-hydrogen) atoms. The van der Waals surface area contributed by atoms with Crippen molar-refractivity contribution in [2.24, 2.45) is 5.73 Å². The minimum atomic E-state index is 0.716. The van der Waals surface area contributed by atoms with Gasteiger partial charge in [-0.3, -0.25) is 0 Å². The van der Waals surface area contributed by atoms with Crippen molar-refractivity contribution < 1.29 is 0 Å². The molecular formula is C14H23N. The molecule has 0 atom stereocenters. The lowest BCUT2D eigenvalue weighted by atomic mass is 9.98. The summed E-state index contributed by atoms with van der Waals surface area (Å²) in [5.74, 6) is 0. The topological polar surface area (TPSA) is 26.0 Å². The summed E-state index contributed by atoms with van der Waals surface area (Å²) in [6, 6.07) is 8.42. The predicted octanol–water partition coefficient (Wildman–Crippen LogP) is 3.77. The van der Waals surface area contributed by atoms with E-state index in [1.165, 1.54) is 16.7 Å². The molecule has 0 aliphatic rings. The van der Waals surface area contributed by atoms with Crippen molar-refractivity contribution >= 4 is 5.57 Å². The Morgan fingerprint density at radius 2 is 1.87 bits per heavy atom. The first-order valence-corrected chi connectivity index (χ1v) is 5.71. The SMILES string of the molecule is C/C=C(/CCN)c1ccccc1C.CC. The third-order valence-electron chi connectivity index (χ3n) is 2.25. The third kappa shape index (κ3) is 4.30. The summed E-state index contributed by atoms with van der Waals surface area (Å²) in [7, 11) is 0. The number of nitrogens with two attached hydrogens (primary N) is 1. The van der Waals surface area contributed by atoms with Crippen LogP contribution in [0.1, 0.15) is 38.3 Å². The smallest absolute Gasteiger partial charge is 0.00366 e. The lowest BCUT2D eigenvalue weighted by Gasteiger charge is -2.08. The molecule has 1 nitrogen and oxygen atoms in total. The zero-order valence-electron chi connectivity index (χ0n) is 10.4. The molecule has 2 N–H and O–H groups in total. The van der Waals surface area contributed by atoms with Crippen LogP contribution in [0.25, 0.3) is 5.57 Å². The zero-order chi connectivity index (χ0) is 11.7. The maximum atomic E-state index is 5.55. The van der Waals surface area contributed by atoms with Crippen molar-refractivity contribution in [3.05, 3.63) is 41.5 Å². The van der Waals surface area contributed by atoms with E-state index in [0.717, 1.165) is 6.42 Å². The first-order chi connectivity index (χ1) is 7.29. The van der Waals surface area contributed by atoms with E-state index in [2.05, 4.69) is 44.2 Å². The number of benzene rings is 1. The Balaban J connectivity index is 0.000000921. The fourth-order valence-electron chi connectivity index (χ4n) is 1.52. The van der Waals surface area contributed by atoms with Gasteiger partial charge in [-0.15, -0.1) is 0 Å². The standard InChI is InChI=1S/C12H17N.C2H6/c1-3-11(8-9-13)12-7-5-4-6-10(12)2;1-2/h3-7H,8-9,13H2,1-2H3;1-2H3/b11-3-;. The molecule has 1 aromatic carbocycles. The Morgan fingerprint density at radius 1 is 1.27 bits per heavy atom. The van der Waals surface area contributed by atoms with E-state index in [4.69, 9.17) is 5.73 Å². The molecule has 0 aromatic heterocycles. The molecule has 0 amide bonds. The second-order valence-corrected chi connectivity index (χ2v) is 3.17. The van der Waals surface area contributed by atoms with Gasteiger partial charge < -0.3 is 5.73 Å². The van der Waals surface area contributed by atoms with Gasteiger partial charge in [0.25, 0.3) is 0 Å². The summed E-state index contributed by atoms with van der Waals surface area (Å²) in [5.41, 5.74) is 9.55. The molecule has 0 saturated heterocycles. The van der Waals surface area contributed by atoms with E-state index in [1.807, 2.05) is 13.8 Å². The van der Waals surface area contributed by atoms with Crippen LogP contribution in [-0.4, -0.2) is 6.54 Å². The van der Waals surface area contributed by atoms with E-state index in [-0.39, 0.29) is 0 Å². The van der Waals surface area contributed by atoms with E-state index in [1.54, 1.807) is 0 Å². The maximum absolute atomic E-state index is 5.55. The normalized spacial score (nSPS) is 10.6. The second kappa shape index (κ2) is 8.25. The van der Waals surface area contributed by atoms with Crippen LogP contribution in [0.3, 0.4) is 0 Å². The lowest BCUT2D eigenvalue weighted by molar-refractivity contribution is 1.02. The van der Waals surface area contributed by atoms with Gasteiger partial charge in [-0.25, -0.2) is 0 Å². The largest absolute Gasteiger partial charge is 0.330 e. The molecule has 1 rings (SSSR count). The van der Waals surface area contributed by atoms with Crippen LogP contribution in [0.2, 0.25) is 0 Å². The van der Waals surface area contributed by atoms with Gasteiger partial charge in [0.15, 0.2) is 0 Å². The highest BCUT2D eigenvalue weighted by atomic mass is 14.5. The summed E-state index contributed by atoms with van der Waals surface area (Å²) >= 11 is 0. The predicted molar refractivity (Wildman–Crippen MR) is 69.8 cm³/mol. The molecule has 0 fully saturated rings. The van der Waals surface area contributed by atoms with Crippen LogP contribution in [0.5, 0.6) is 0 Å². The van der Waals surface area contributed by atoms with Crippen LogP contribution in [0.4, 0.5) is 0 Å². The van der Waals surface area contributed by atoms with Crippen LogP contribution < -0.4 is 5.73 Å². The summed E-state index contributed by atoms with van der Waals surface area (Å²) in [5, 5.41) is 0. The van der Waals surface area contributed by atoms with Gasteiger partial charge in [0.1, 0.15) is 0 Å². The van der Waals surface area contributed by atoms with Gasteiger partial charge in [0.05, 0.1) is 0 Å². The number of hydrogen-bond acceptors (Lipinski definition) is 1. The Hall–Kier alpha value is -1.08. The highest BCUT2D eigenvalue weighted by Gasteiger charge is 2.01. The molecule has 0 bridgehead atoms. The fraction of sp³-hybridized carbons (Fsp3) is 0.429. The highest BCUT2D eigenvalue weighted by molar-refractivity contribution is 5.67. The fourth-order valence-corrected chi connectivity index (χ4v) is 1.52. The number of hydrogen-bond donors (Lipinski definition) is 1. The quantitative estimate of drug-likeness (QED) is 0.798. The summed E-state index contributed by atoms with van der Waals surface area (Å²) < 4.78 is 0. The van der Waals surface area contributed by atoms with Gasteiger partial charge in [-0.05, 0) is 43.5 Å². The second-order valence-electron chi connectivity index (χ2n) is 3.17. The van der Waals surface area contributed by atoms with E-state index < -0.39 is 0 Å². The van der Waals surface area contributed by atoms with Gasteiger partial charge in [0.2, 0.25) is 0 Å². The van der Waals surface area contributed by atoms with Crippen LogP contribution in [0.15, 0.2) is 30.3 Å². The summed E-state index contributed by atoms with van der Waals surface area (Å²) in [6.07, 6.45) is 3.11. The molecule has 0 heterocycles. The lowest BCUT2D eigenvalue weighted by Crippen LogP contribution is -2.00. The van der Waals surface area contributed by atoms with Crippen molar-refractivity contribution in [3.8, 4) is 0 Å². The van der Waals surface area contributed by atoms with Gasteiger partial charge in [-0.2, -0.15) is 0 Å². The van der Waals surface area contributed by atoms with Crippen molar-refractivity contribution in [2.45, 2.75) is 34.1 Å². The maximum Gasteiger partial charge on any atom is -0.00366 e. The van der Waals surface area contributed by atoms with Crippen molar-refractivity contribution in [1.29, 1.82) is 0 Å². The minimum Gasteiger partial charge on any atom is -0.330 e. The Bertz CT molecular complexity index is 300.